The van der Waals surface area contributed by atoms with Crippen LogP contribution in [0.2, 0.25) is 0 Å². The minimum Gasteiger partial charge on any atom is -0.486 e. The molecule has 1 saturated heterocycles. The third-order valence-corrected chi connectivity index (χ3v) is 6.33. The molecule has 1 aromatic carbocycles. The van der Waals surface area contributed by atoms with E-state index in [1.54, 1.807) is 0 Å². The Kier molecular flexibility index (Phi) is 8.88. The molecule has 0 amide bonds. The summed E-state index contributed by atoms with van der Waals surface area (Å²) in [6.07, 6.45) is 5.80. The summed E-state index contributed by atoms with van der Waals surface area (Å²) >= 11 is 0. The van der Waals surface area contributed by atoms with E-state index in [1.807, 2.05) is 6.07 Å². The SMILES string of the molecule is I.NC(=NCC1(c2ccc3c(c2)OCCO3)CCCC1)NCCCN1CCOCC1. The van der Waals surface area contributed by atoms with Crippen LogP contribution in [0, 0.1) is 0 Å². The van der Waals surface area contributed by atoms with Crippen LogP contribution in [0.3, 0.4) is 0 Å². The molecule has 1 saturated carbocycles. The number of nitrogens with one attached hydrogen (secondary N) is 1. The van der Waals surface area contributed by atoms with Gasteiger partial charge in [-0.1, -0.05) is 18.9 Å². The summed E-state index contributed by atoms with van der Waals surface area (Å²) in [7, 11) is 0. The lowest BCUT2D eigenvalue weighted by atomic mass is 9.79. The van der Waals surface area contributed by atoms with Crippen molar-refractivity contribution in [1.82, 2.24) is 10.2 Å². The van der Waals surface area contributed by atoms with Crippen molar-refractivity contribution < 1.29 is 14.2 Å². The largest absolute Gasteiger partial charge is 0.486 e. The van der Waals surface area contributed by atoms with Crippen LogP contribution in [0.15, 0.2) is 23.2 Å². The molecular formula is C22H35IN4O3. The Hall–Kier alpha value is -1.26. The number of nitrogens with two attached hydrogens (primary N) is 1. The van der Waals surface area contributed by atoms with Crippen LogP contribution in [0.25, 0.3) is 0 Å². The second-order valence-corrected chi connectivity index (χ2v) is 8.28. The summed E-state index contributed by atoms with van der Waals surface area (Å²) in [5.74, 6) is 2.26. The van der Waals surface area contributed by atoms with E-state index >= 15 is 0 Å². The lowest BCUT2D eigenvalue weighted by molar-refractivity contribution is 0.0376. The van der Waals surface area contributed by atoms with Crippen molar-refractivity contribution in [3.63, 3.8) is 0 Å². The normalized spacial score (nSPS) is 21.1. The van der Waals surface area contributed by atoms with E-state index in [0.29, 0.717) is 19.2 Å². The number of benzene rings is 1. The van der Waals surface area contributed by atoms with E-state index in [9.17, 15) is 0 Å². The molecule has 2 fully saturated rings. The number of morpholine rings is 1. The summed E-state index contributed by atoms with van der Waals surface area (Å²) in [6.45, 7) is 7.63. The van der Waals surface area contributed by atoms with Crippen LogP contribution in [0.1, 0.15) is 37.7 Å². The maximum absolute atomic E-state index is 6.18. The molecule has 2 aliphatic heterocycles. The maximum Gasteiger partial charge on any atom is 0.188 e. The highest BCUT2D eigenvalue weighted by Gasteiger charge is 2.36. The molecule has 1 aliphatic carbocycles. The van der Waals surface area contributed by atoms with Gasteiger partial charge < -0.3 is 25.3 Å². The van der Waals surface area contributed by atoms with Crippen molar-refractivity contribution >= 4 is 29.9 Å². The molecule has 0 spiro atoms. The van der Waals surface area contributed by atoms with Gasteiger partial charge in [0.15, 0.2) is 17.5 Å². The summed E-state index contributed by atoms with van der Waals surface area (Å²) in [5, 5.41) is 3.29. The van der Waals surface area contributed by atoms with Crippen molar-refractivity contribution in [3.05, 3.63) is 23.8 Å². The smallest absolute Gasteiger partial charge is 0.188 e. The third kappa shape index (κ3) is 5.91. The molecule has 3 N–H and O–H groups in total. The van der Waals surface area contributed by atoms with E-state index in [-0.39, 0.29) is 29.4 Å². The second kappa shape index (κ2) is 11.4. The molecule has 1 aromatic rings. The quantitative estimate of drug-likeness (QED) is 0.244. The number of aliphatic imine (C=N–C) groups is 1. The highest BCUT2D eigenvalue weighted by molar-refractivity contribution is 14.0. The molecule has 0 bridgehead atoms. The minimum absolute atomic E-state index is 0. The van der Waals surface area contributed by atoms with Gasteiger partial charge in [0.25, 0.3) is 0 Å². The lowest BCUT2D eigenvalue weighted by Gasteiger charge is -2.29. The standard InChI is InChI=1S/C22H34N4O3.HI/c23-21(24-8-3-9-26-10-12-27-13-11-26)25-17-22(6-1-2-7-22)18-4-5-19-20(16-18)29-15-14-28-19;/h4-5,16H,1-3,6-15,17H2,(H3,23,24,25);1H. The third-order valence-electron chi connectivity index (χ3n) is 6.33. The van der Waals surface area contributed by atoms with Gasteiger partial charge >= 0.3 is 0 Å². The summed E-state index contributed by atoms with van der Waals surface area (Å²) < 4.78 is 16.9. The van der Waals surface area contributed by atoms with E-state index in [4.69, 9.17) is 24.9 Å². The number of hydrogen-bond acceptors (Lipinski definition) is 5. The number of ether oxygens (including phenoxy) is 3. The predicted molar refractivity (Wildman–Crippen MR) is 129 cm³/mol. The Morgan fingerprint density at radius 3 is 2.57 bits per heavy atom. The number of halogens is 1. The first kappa shape index (κ1) is 23.4. The molecule has 7 nitrogen and oxygen atoms in total. The van der Waals surface area contributed by atoms with E-state index in [0.717, 1.165) is 76.7 Å². The minimum atomic E-state index is 0. The fourth-order valence-electron chi connectivity index (χ4n) is 4.60. The van der Waals surface area contributed by atoms with Gasteiger partial charge in [0.05, 0.1) is 19.8 Å². The van der Waals surface area contributed by atoms with Gasteiger partial charge in [0.1, 0.15) is 13.2 Å². The van der Waals surface area contributed by atoms with Gasteiger partial charge in [-0.2, -0.15) is 0 Å². The number of guanidine groups is 1. The molecule has 8 heteroatoms. The lowest BCUT2D eigenvalue weighted by Crippen LogP contribution is -2.39. The van der Waals surface area contributed by atoms with Crippen LogP contribution in [0.5, 0.6) is 11.5 Å². The van der Waals surface area contributed by atoms with Crippen molar-refractivity contribution in [1.29, 1.82) is 0 Å². The average Bonchev–Trinajstić information content (AvgIpc) is 3.26. The second-order valence-electron chi connectivity index (χ2n) is 8.28. The first-order valence-corrected chi connectivity index (χ1v) is 11.0. The zero-order valence-electron chi connectivity index (χ0n) is 17.7. The summed E-state index contributed by atoms with van der Waals surface area (Å²) in [4.78, 5) is 7.17. The van der Waals surface area contributed by atoms with E-state index < -0.39 is 0 Å². The molecule has 168 valence electrons. The van der Waals surface area contributed by atoms with Crippen LogP contribution in [-0.2, 0) is 10.2 Å². The zero-order chi connectivity index (χ0) is 19.9. The summed E-state index contributed by atoms with van der Waals surface area (Å²) in [5.41, 5.74) is 7.53. The number of fused-ring (bicyclic) bond motifs is 1. The fraction of sp³-hybridized carbons (Fsp3) is 0.682. The highest BCUT2D eigenvalue weighted by atomic mass is 127. The van der Waals surface area contributed by atoms with Gasteiger partial charge in [-0.25, -0.2) is 0 Å². The maximum atomic E-state index is 6.18. The number of hydrogen-bond donors (Lipinski definition) is 2. The predicted octanol–water partition coefficient (Wildman–Crippen LogP) is 2.51. The molecule has 30 heavy (non-hydrogen) atoms. The Morgan fingerprint density at radius 1 is 1.07 bits per heavy atom. The average molecular weight is 530 g/mol. The van der Waals surface area contributed by atoms with Crippen LogP contribution < -0.4 is 20.5 Å². The van der Waals surface area contributed by atoms with Crippen molar-refractivity contribution in [2.24, 2.45) is 10.7 Å². The molecule has 0 radical (unpaired) electrons. The van der Waals surface area contributed by atoms with Crippen molar-refractivity contribution in [2.45, 2.75) is 37.5 Å². The van der Waals surface area contributed by atoms with E-state index in [2.05, 4.69) is 22.3 Å². The fourth-order valence-corrected chi connectivity index (χ4v) is 4.60. The van der Waals surface area contributed by atoms with Crippen LogP contribution in [-0.4, -0.2) is 70.0 Å². The van der Waals surface area contributed by atoms with Crippen molar-refractivity contribution in [3.8, 4) is 11.5 Å². The topological polar surface area (TPSA) is 81.3 Å². The molecular weight excluding hydrogens is 495 g/mol. The monoisotopic (exact) mass is 530 g/mol. The van der Waals surface area contributed by atoms with Crippen LogP contribution >= 0.6 is 24.0 Å². The van der Waals surface area contributed by atoms with Gasteiger partial charge in [-0.05, 0) is 43.5 Å². The Bertz CT molecular complexity index is 704. The van der Waals surface area contributed by atoms with E-state index in [1.165, 1.54) is 18.4 Å². The molecule has 4 rings (SSSR count). The first-order chi connectivity index (χ1) is 14.3. The van der Waals surface area contributed by atoms with Gasteiger partial charge in [0, 0.05) is 25.0 Å². The van der Waals surface area contributed by atoms with Gasteiger partial charge in [0.2, 0.25) is 0 Å². The number of nitrogens with zero attached hydrogens (tertiary/aromatic N) is 2. The molecule has 0 atom stereocenters. The Morgan fingerprint density at radius 2 is 1.80 bits per heavy atom. The first-order valence-electron chi connectivity index (χ1n) is 11.0. The Labute approximate surface area is 196 Å². The molecule has 3 aliphatic rings. The molecule has 0 aromatic heterocycles. The molecule has 0 unspecified atom stereocenters. The zero-order valence-corrected chi connectivity index (χ0v) is 20.1. The summed E-state index contributed by atoms with van der Waals surface area (Å²) in [6, 6.07) is 6.38. The number of rotatable bonds is 7. The Balaban J connectivity index is 0.00000256. The van der Waals surface area contributed by atoms with Crippen molar-refractivity contribution in [2.75, 3.05) is 59.2 Å². The highest BCUT2D eigenvalue weighted by Crippen LogP contribution is 2.44. The van der Waals surface area contributed by atoms with Gasteiger partial charge in [-0.15, -0.1) is 24.0 Å². The molecule has 2 heterocycles. The van der Waals surface area contributed by atoms with Crippen LogP contribution in [0.4, 0.5) is 0 Å². The van der Waals surface area contributed by atoms with Gasteiger partial charge in [-0.3, -0.25) is 9.89 Å².